The molecule has 1 amide bonds. The van der Waals surface area contributed by atoms with Gasteiger partial charge in [-0.2, -0.15) is 0 Å². The fourth-order valence-corrected chi connectivity index (χ4v) is 2.02. The van der Waals surface area contributed by atoms with Gasteiger partial charge in [0, 0.05) is 19.2 Å². The summed E-state index contributed by atoms with van der Waals surface area (Å²) in [6, 6.07) is 1.68. The van der Waals surface area contributed by atoms with E-state index >= 15 is 0 Å². The molecule has 94 valence electrons. The van der Waals surface area contributed by atoms with Crippen LogP contribution in [0.4, 0.5) is 5.82 Å². The lowest BCUT2D eigenvalue weighted by atomic mass is 10.1. The number of nitrogens with zero attached hydrogens (tertiary/aromatic N) is 2. The molecule has 0 spiro atoms. The minimum absolute atomic E-state index is 0.100. The zero-order valence-electron chi connectivity index (χ0n) is 9.85. The molecule has 0 aliphatic carbocycles. The Bertz CT molecular complexity index is 391. The van der Waals surface area contributed by atoms with Crippen LogP contribution in [0.5, 0.6) is 0 Å². The maximum Gasteiger partial charge on any atom is 0.239 e. The number of aromatic nitrogens is 1. The number of nitrogens with one attached hydrogen (secondary N) is 1. The lowest BCUT2D eigenvalue weighted by Gasteiger charge is -2.14. The Morgan fingerprint density at radius 3 is 3.18 bits per heavy atom. The summed E-state index contributed by atoms with van der Waals surface area (Å²) in [5, 5.41) is 15.4. The summed E-state index contributed by atoms with van der Waals surface area (Å²) in [7, 11) is 0. The molecule has 1 fully saturated rings. The molecule has 1 aromatic heterocycles. The van der Waals surface area contributed by atoms with E-state index < -0.39 is 0 Å². The van der Waals surface area contributed by atoms with Crippen molar-refractivity contribution in [2.75, 3.05) is 31.6 Å². The topological polar surface area (TPSA) is 78.6 Å². The van der Waals surface area contributed by atoms with E-state index in [1.165, 1.54) is 0 Å². The second kappa shape index (κ2) is 5.29. The Labute approximate surface area is 99.6 Å². The van der Waals surface area contributed by atoms with Gasteiger partial charge in [0.15, 0.2) is 5.82 Å². The van der Waals surface area contributed by atoms with Crippen LogP contribution in [-0.4, -0.2) is 47.3 Å². The van der Waals surface area contributed by atoms with Crippen molar-refractivity contribution in [1.82, 2.24) is 10.1 Å². The second-order valence-corrected chi connectivity index (χ2v) is 4.44. The number of likely N-dealkylation sites (tertiary alicyclic amines) is 1. The zero-order chi connectivity index (χ0) is 12.3. The normalized spacial score (nSPS) is 20.7. The van der Waals surface area contributed by atoms with Crippen LogP contribution >= 0.6 is 0 Å². The van der Waals surface area contributed by atoms with Crippen molar-refractivity contribution in [2.24, 2.45) is 5.92 Å². The van der Waals surface area contributed by atoms with Gasteiger partial charge in [0.2, 0.25) is 5.91 Å². The predicted molar refractivity (Wildman–Crippen MR) is 61.5 cm³/mol. The van der Waals surface area contributed by atoms with Gasteiger partial charge in [0.05, 0.1) is 6.54 Å². The van der Waals surface area contributed by atoms with Crippen LogP contribution in [0.2, 0.25) is 0 Å². The summed E-state index contributed by atoms with van der Waals surface area (Å²) in [5.41, 5.74) is 0. The highest BCUT2D eigenvalue weighted by Crippen LogP contribution is 2.15. The van der Waals surface area contributed by atoms with Crippen LogP contribution in [0.25, 0.3) is 0 Å². The standard InChI is InChI=1S/C11H17N3O3/c1-8-4-10(13-17-8)12-11(16)6-14-3-2-9(5-14)7-15/h4,9,15H,2-3,5-7H2,1H3,(H,12,13,16)/t9-/m0/s1. The van der Waals surface area contributed by atoms with E-state index in [0.29, 0.717) is 24.0 Å². The van der Waals surface area contributed by atoms with Gasteiger partial charge in [-0.25, -0.2) is 0 Å². The number of rotatable bonds is 4. The zero-order valence-corrected chi connectivity index (χ0v) is 9.85. The number of carbonyl (C=O) groups is 1. The Hall–Kier alpha value is -1.40. The molecule has 1 aromatic rings. The summed E-state index contributed by atoms with van der Waals surface area (Å²) in [4.78, 5) is 13.7. The van der Waals surface area contributed by atoms with Gasteiger partial charge >= 0.3 is 0 Å². The number of hydrogen-bond acceptors (Lipinski definition) is 5. The molecule has 1 atom stereocenters. The van der Waals surface area contributed by atoms with Crippen LogP contribution in [0.15, 0.2) is 10.6 Å². The molecular formula is C11H17N3O3. The first-order valence-electron chi connectivity index (χ1n) is 5.73. The lowest BCUT2D eigenvalue weighted by Crippen LogP contribution is -2.31. The summed E-state index contributed by atoms with van der Waals surface area (Å²) in [6.07, 6.45) is 0.951. The molecular weight excluding hydrogens is 222 g/mol. The number of aliphatic hydroxyl groups excluding tert-OH is 1. The average Bonchev–Trinajstić information content (AvgIpc) is 2.88. The minimum atomic E-state index is -0.100. The monoisotopic (exact) mass is 239 g/mol. The number of anilines is 1. The van der Waals surface area contributed by atoms with Crippen molar-refractivity contribution in [3.8, 4) is 0 Å². The van der Waals surface area contributed by atoms with E-state index in [2.05, 4.69) is 10.5 Å². The molecule has 1 aliphatic rings. The Balaban J connectivity index is 1.78. The Morgan fingerprint density at radius 2 is 2.59 bits per heavy atom. The van der Waals surface area contributed by atoms with E-state index in [1.807, 2.05) is 4.90 Å². The molecule has 2 rings (SSSR count). The fourth-order valence-electron chi connectivity index (χ4n) is 2.02. The fraction of sp³-hybridized carbons (Fsp3) is 0.636. The number of amides is 1. The predicted octanol–water partition coefficient (Wildman–Crippen LogP) is 0.236. The van der Waals surface area contributed by atoms with Crippen LogP contribution in [0, 0.1) is 12.8 Å². The summed E-state index contributed by atoms with van der Waals surface area (Å²) >= 11 is 0. The average molecular weight is 239 g/mol. The lowest BCUT2D eigenvalue weighted by molar-refractivity contribution is -0.117. The Morgan fingerprint density at radius 1 is 1.76 bits per heavy atom. The first-order chi connectivity index (χ1) is 8.17. The molecule has 0 aromatic carbocycles. The van der Waals surface area contributed by atoms with Gasteiger partial charge in [-0.3, -0.25) is 9.69 Å². The molecule has 0 saturated carbocycles. The molecule has 2 N–H and O–H groups in total. The molecule has 0 unspecified atom stereocenters. The molecule has 2 heterocycles. The highest BCUT2D eigenvalue weighted by molar-refractivity contribution is 5.91. The van der Waals surface area contributed by atoms with E-state index in [1.54, 1.807) is 13.0 Å². The third-order valence-corrected chi connectivity index (χ3v) is 2.89. The van der Waals surface area contributed by atoms with Gasteiger partial charge in [0.1, 0.15) is 5.76 Å². The largest absolute Gasteiger partial charge is 0.396 e. The maximum atomic E-state index is 11.7. The van der Waals surface area contributed by atoms with Gasteiger partial charge < -0.3 is 14.9 Å². The van der Waals surface area contributed by atoms with Crippen molar-refractivity contribution in [3.05, 3.63) is 11.8 Å². The number of aliphatic hydroxyl groups is 1. The van der Waals surface area contributed by atoms with Gasteiger partial charge in [-0.1, -0.05) is 5.16 Å². The van der Waals surface area contributed by atoms with Crippen LogP contribution in [-0.2, 0) is 4.79 Å². The molecule has 17 heavy (non-hydrogen) atoms. The van der Waals surface area contributed by atoms with Crippen molar-refractivity contribution in [2.45, 2.75) is 13.3 Å². The number of aryl methyl sites for hydroxylation is 1. The summed E-state index contributed by atoms with van der Waals surface area (Å²) in [5.74, 6) is 1.32. The third-order valence-electron chi connectivity index (χ3n) is 2.89. The molecule has 0 bridgehead atoms. The van der Waals surface area contributed by atoms with Gasteiger partial charge in [0.25, 0.3) is 0 Å². The minimum Gasteiger partial charge on any atom is -0.396 e. The van der Waals surface area contributed by atoms with Crippen LogP contribution in [0.1, 0.15) is 12.2 Å². The molecule has 6 heteroatoms. The quantitative estimate of drug-likeness (QED) is 0.786. The van der Waals surface area contributed by atoms with Crippen molar-refractivity contribution in [3.63, 3.8) is 0 Å². The van der Waals surface area contributed by atoms with Gasteiger partial charge in [-0.15, -0.1) is 0 Å². The maximum absolute atomic E-state index is 11.7. The van der Waals surface area contributed by atoms with E-state index in [4.69, 9.17) is 9.63 Å². The van der Waals surface area contributed by atoms with Crippen molar-refractivity contribution in [1.29, 1.82) is 0 Å². The first kappa shape index (κ1) is 12.1. The van der Waals surface area contributed by atoms with Crippen LogP contribution < -0.4 is 5.32 Å². The van der Waals surface area contributed by atoms with Crippen LogP contribution in [0.3, 0.4) is 0 Å². The van der Waals surface area contributed by atoms with Gasteiger partial charge in [-0.05, 0) is 25.8 Å². The SMILES string of the molecule is Cc1cc(NC(=O)CN2CC[C@H](CO)C2)no1. The molecule has 1 aliphatic heterocycles. The summed E-state index contributed by atoms with van der Waals surface area (Å²) < 4.78 is 4.86. The van der Waals surface area contributed by atoms with E-state index in [0.717, 1.165) is 19.5 Å². The van der Waals surface area contributed by atoms with Crippen molar-refractivity contribution >= 4 is 11.7 Å². The Kier molecular flexibility index (Phi) is 3.75. The molecule has 0 radical (unpaired) electrons. The number of carbonyl (C=O) groups excluding carboxylic acids is 1. The third kappa shape index (κ3) is 3.28. The number of hydrogen-bond donors (Lipinski definition) is 2. The van der Waals surface area contributed by atoms with Crippen molar-refractivity contribution < 1.29 is 14.4 Å². The van der Waals surface area contributed by atoms with E-state index in [-0.39, 0.29) is 12.5 Å². The summed E-state index contributed by atoms with van der Waals surface area (Å²) in [6.45, 7) is 3.94. The highest BCUT2D eigenvalue weighted by Gasteiger charge is 2.23. The van der Waals surface area contributed by atoms with E-state index in [9.17, 15) is 4.79 Å². The second-order valence-electron chi connectivity index (χ2n) is 4.44. The molecule has 1 saturated heterocycles. The molecule has 6 nitrogen and oxygen atoms in total. The first-order valence-corrected chi connectivity index (χ1v) is 5.73. The highest BCUT2D eigenvalue weighted by atomic mass is 16.5. The smallest absolute Gasteiger partial charge is 0.239 e.